The third kappa shape index (κ3) is 6.24. The van der Waals surface area contributed by atoms with Crippen LogP contribution in [0.25, 0.3) is 0 Å². The third-order valence-electron chi connectivity index (χ3n) is 5.91. The van der Waals surface area contributed by atoms with E-state index in [1.165, 1.54) is 54.5 Å². The second kappa shape index (κ2) is 12.3. The number of halogens is 1. The maximum atomic E-state index is 13.7. The van der Waals surface area contributed by atoms with E-state index in [2.05, 4.69) is 10.7 Å². The van der Waals surface area contributed by atoms with Crippen LogP contribution in [-0.4, -0.2) is 53.6 Å². The molecule has 0 spiro atoms. The minimum Gasteiger partial charge on any atom is -0.497 e. The number of anilines is 2. The molecular formula is C28H25FN4O6S. The largest absolute Gasteiger partial charge is 0.497 e. The van der Waals surface area contributed by atoms with Crippen molar-refractivity contribution in [3.63, 3.8) is 0 Å². The first-order valence-electron chi connectivity index (χ1n) is 12.2. The molecule has 0 saturated carbocycles. The maximum absolute atomic E-state index is 13.7. The van der Waals surface area contributed by atoms with Crippen LogP contribution in [0.3, 0.4) is 0 Å². The van der Waals surface area contributed by atoms with Gasteiger partial charge in [0.25, 0.3) is 11.8 Å². The molecule has 0 radical (unpaired) electrons. The summed E-state index contributed by atoms with van der Waals surface area (Å²) in [6.07, 6.45) is -0.380. The predicted octanol–water partition coefficient (Wildman–Crippen LogP) is 3.69. The van der Waals surface area contributed by atoms with Gasteiger partial charge < -0.3 is 14.8 Å². The molecule has 206 valence electrons. The van der Waals surface area contributed by atoms with Crippen molar-refractivity contribution in [1.29, 1.82) is 0 Å². The topological polar surface area (TPSA) is 117 Å². The van der Waals surface area contributed by atoms with Crippen molar-refractivity contribution >= 4 is 52.4 Å². The van der Waals surface area contributed by atoms with Crippen LogP contribution in [0.15, 0.2) is 72.8 Å². The molecule has 0 bridgehead atoms. The molecule has 3 amide bonds. The Morgan fingerprint density at radius 3 is 2.33 bits per heavy atom. The zero-order chi connectivity index (χ0) is 28.8. The van der Waals surface area contributed by atoms with E-state index in [0.717, 1.165) is 11.1 Å². The molecule has 1 heterocycles. The molecule has 40 heavy (non-hydrogen) atoms. The molecule has 12 heteroatoms. The number of carbonyl (C=O) groups excluding carboxylic acids is 4. The normalized spacial score (nSPS) is 14.6. The van der Waals surface area contributed by atoms with Gasteiger partial charge in [0.2, 0.25) is 11.0 Å². The highest BCUT2D eigenvalue weighted by molar-refractivity contribution is 7.80. The summed E-state index contributed by atoms with van der Waals surface area (Å²) in [6.45, 7) is 1.93. The number of carbonyl (C=O) groups is 4. The molecule has 3 aromatic carbocycles. The monoisotopic (exact) mass is 564 g/mol. The van der Waals surface area contributed by atoms with Gasteiger partial charge in [0.15, 0.2) is 0 Å². The highest BCUT2D eigenvalue weighted by atomic mass is 32.1. The number of methoxy groups -OCH3 is 1. The first kappa shape index (κ1) is 28.2. The molecule has 1 saturated heterocycles. The van der Waals surface area contributed by atoms with Crippen molar-refractivity contribution in [2.24, 2.45) is 0 Å². The molecule has 1 unspecified atom stereocenters. The number of nitrogens with zero attached hydrogens (tertiary/aromatic N) is 2. The minimum atomic E-state index is -1.20. The Morgan fingerprint density at radius 1 is 1.00 bits per heavy atom. The van der Waals surface area contributed by atoms with E-state index >= 15 is 0 Å². The fourth-order valence-electron chi connectivity index (χ4n) is 3.96. The molecule has 1 fully saturated rings. The Kier molecular flexibility index (Phi) is 8.70. The molecule has 4 rings (SSSR count). The Hall–Kier alpha value is -4.84. The average Bonchev–Trinajstić information content (AvgIpc) is 3.17. The van der Waals surface area contributed by atoms with Crippen LogP contribution in [0.1, 0.15) is 34.1 Å². The number of hydrogen-bond donors (Lipinski definition) is 2. The number of ether oxygens (including phenoxy) is 2. The van der Waals surface area contributed by atoms with Gasteiger partial charge in [-0.15, -0.1) is 0 Å². The minimum absolute atomic E-state index is 0.00281. The summed E-state index contributed by atoms with van der Waals surface area (Å²) < 4.78 is 23.8. The van der Waals surface area contributed by atoms with Gasteiger partial charge >= 0.3 is 5.97 Å². The average molecular weight is 565 g/mol. The van der Waals surface area contributed by atoms with Crippen LogP contribution in [0.4, 0.5) is 15.8 Å². The molecule has 1 aliphatic rings. The Bertz CT molecular complexity index is 1450. The van der Waals surface area contributed by atoms with Crippen molar-refractivity contribution < 1.29 is 33.0 Å². The fourth-order valence-corrected chi connectivity index (χ4v) is 4.33. The molecule has 1 aliphatic heterocycles. The molecule has 0 aliphatic carbocycles. The summed E-state index contributed by atoms with van der Waals surface area (Å²) in [5, 5.41) is 3.73. The van der Waals surface area contributed by atoms with Crippen LogP contribution < -0.4 is 20.4 Å². The zero-order valence-corrected chi connectivity index (χ0v) is 22.4. The number of hydrogen-bond acceptors (Lipinski definition) is 7. The van der Waals surface area contributed by atoms with Gasteiger partial charge in [-0.1, -0.05) is 6.07 Å². The Balaban J connectivity index is 1.56. The van der Waals surface area contributed by atoms with E-state index in [0.29, 0.717) is 22.7 Å². The van der Waals surface area contributed by atoms with E-state index in [9.17, 15) is 23.6 Å². The van der Waals surface area contributed by atoms with E-state index < -0.39 is 35.5 Å². The van der Waals surface area contributed by atoms with E-state index in [1.54, 1.807) is 31.2 Å². The lowest BCUT2D eigenvalue weighted by Gasteiger charge is -2.24. The fraction of sp³-hybridized carbons (Fsp3) is 0.179. The summed E-state index contributed by atoms with van der Waals surface area (Å²) in [4.78, 5) is 52.5. The predicted molar refractivity (Wildman–Crippen MR) is 148 cm³/mol. The van der Waals surface area contributed by atoms with E-state index in [-0.39, 0.29) is 23.7 Å². The number of hydrazine groups is 1. The number of thiocarbonyl (C=S) groups is 1. The SMILES string of the molecule is CCOC(=O)c1ccc(NC(=O)CC2C(=O)N(c3ccc(OC)cc3)C(=S)N2NC(=O)c2cccc(F)c2)cc1. The van der Waals surface area contributed by atoms with Gasteiger partial charge in [0.05, 0.1) is 31.4 Å². The summed E-state index contributed by atoms with van der Waals surface area (Å²) in [7, 11) is 1.50. The molecule has 3 aromatic rings. The lowest BCUT2D eigenvalue weighted by atomic mass is 10.1. The quantitative estimate of drug-likeness (QED) is 0.299. The van der Waals surface area contributed by atoms with Gasteiger partial charge in [0.1, 0.15) is 17.6 Å². The first-order chi connectivity index (χ1) is 19.2. The third-order valence-corrected chi connectivity index (χ3v) is 6.29. The second-order valence-corrected chi connectivity index (χ2v) is 8.91. The van der Waals surface area contributed by atoms with Gasteiger partial charge in [-0.3, -0.25) is 24.7 Å². The number of rotatable bonds is 9. The van der Waals surface area contributed by atoms with Gasteiger partial charge in [-0.2, -0.15) is 0 Å². The molecule has 1 atom stereocenters. The lowest BCUT2D eigenvalue weighted by Crippen LogP contribution is -2.49. The molecular weight excluding hydrogens is 539 g/mol. The smallest absolute Gasteiger partial charge is 0.338 e. The molecule has 2 N–H and O–H groups in total. The van der Waals surface area contributed by atoms with Crippen molar-refractivity contribution in [3.05, 3.63) is 89.7 Å². The number of amides is 3. The number of esters is 1. The second-order valence-electron chi connectivity index (χ2n) is 8.54. The van der Waals surface area contributed by atoms with Crippen molar-refractivity contribution in [1.82, 2.24) is 10.4 Å². The van der Waals surface area contributed by atoms with Crippen LogP contribution in [-0.2, 0) is 14.3 Å². The van der Waals surface area contributed by atoms with Gasteiger partial charge in [0, 0.05) is 11.3 Å². The molecule has 10 nitrogen and oxygen atoms in total. The number of benzene rings is 3. The van der Waals surface area contributed by atoms with Gasteiger partial charge in [-0.25, -0.2) is 14.2 Å². The highest BCUT2D eigenvalue weighted by Gasteiger charge is 2.45. The van der Waals surface area contributed by atoms with Crippen molar-refractivity contribution in [2.45, 2.75) is 19.4 Å². The van der Waals surface area contributed by atoms with Gasteiger partial charge in [-0.05, 0) is 85.9 Å². The molecule has 0 aromatic heterocycles. The summed E-state index contributed by atoms with van der Waals surface area (Å²) in [5.41, 5.74) is 3.65. The summed E-state index contributed by atoms with van der Waals surface area (Å²) >= 11 is 5.53. The zero-order valence-electron chi connectivity index (χ0n) is 21.5. The van der Waals surface area contributed by atoms with Crippen LogP contribution in [0.2, 0.25) is 0 Å². The number of nitrogens with one attached hydrogen (secondary N) is 2. The van der Waals surface area contributed by atoms with Crippen LogP contribution in [0, 0.1) is 5.82 Å². The lowest BCUT2D eigenvalue weighted by molar-refractivity contribution is -0.124. The maximum Gasteiger partial charge on any atom is 0.338 e. The Labute approximate surface area is 234 Å². The highest BCUT2D eigenvalue weighted by Crippen LogP contribution is 2.28. The first-order valence-corrected chi connectivity index (χ1v) is 12.6. The van der Waals surface area contributed by atoms with Crippen molar-refractivity contribution in [2.75, 3.05) is 23.9 Å². The van der Waals surface area contributed by atoms with Crippen LogP contribution in [0.5, 0.6) is 5.75 Å². The van der Waals surface area contributed by atoms with Crippen LogP contribution >= 0.6 is 12.2 Å². The summed E-state index contributed by atoms with van der Waals surface area (Å²) in [5.74, 6) is -2.37. The summed E-state index contributed by atoms with van der Waals surface area (Å²) in [6, 6.07) is 16.4. The van der Waals surface area contributed by atoms with E-state index in [1.807, 2.05) is 0 Å². The van der Waals surface area contributed by atoms with E-state index in [4.69, 9.17) is 21.7 Å². The van der Waals surface area contributed by atoms with Crippen molar-refractivity contribution in [3.8, 4) is 5.75 Å². The Morgan fingerprint density at radius 2 is 1.70 bits per heavy atom. The standard InChI is InChI=1S/C28H25FN4O6S/c1-3-39-27(37)17-7-9-20(10-8-17)30-24(34)16-23-26(36)32(21-11-13-22(38-2)14-12-21)28(40)33(23)31-25(35)18-5-4-6-19(29)15-18/h4-15,23H,3,16H2,1-2H3,(H,30,34)(H,31,35).